The van der Waals surface area contributed by atoms with E-state index in [2.05, 4.69) is 29.6 Å². The molecule has 3 rings (SSSR count). The molecule has 1 aromatic carbocycles. The molecule has 2 atom stereocenters. The summed E-state index contributed by atoms with van der Waals surface area (Å²) in [5, 5.41) is 3.09. The maximum Gasteiger partial charge on any atom is 0.237 e. The van der Waals surface area contributed by atoms with E-state index in [0.29, 0.717) is 12.5 Å². The monoisotopic (exact) mass is 338 g/mol. The van der Waals surface area contributed by atoms with Crippen molar-refractivity contribution in [1.29, 1.82) is 0 Å². The van der Waals surface area contributed by atoms with Gasteiger partial charge in [0.05, 0.1) is 6.04 Å². The van der Waals surface area contributed by atoms with Crippen molar-refractivity contribution in [3.8, 4) is 0 Å². The topological polar surface area (TPSA) is 64.4 Å². The molecule has 0 bridgehead atoms. The van der Waals surface area contributed by atoms with Crippen LogP contribution in [-0.4, -0.2) is 31.7 Å². The Bertz CT molecular complexity index is 517. The quantitative estimate of drug-likeness (QED) is 0.886. The van der Waals surface area contributed by atoms with Gasteiger partial charge < -0.3 is 15.8 Å². The molecule has 2 aliphatic rings. The fourth-order valence-electron chi connectivity index (χ4n) is 3.70. The van der Waals surface area contributed by atoms with Crippen molar-refractivity contribution in [2.75, 3.05) is 19.8 Å². The fourth-order valence-corrected chi connectivity index (χ4v) is 3.70. The minimum atomic E-state index is -0.400. The van der Waals surface area contributed by atoms with Gasteiger partial charge in [0.1, 0.15) is 0 Å². The minimum absolute atomic E-state index is 0. The number of rotatable bonds is 4. The summed E-state index contributed by atoms with van der Waals surface area (Å²) in [7, 11) is 0. The second-order valence-electron chi connectivity index (χ2n) is 6.51. The van der Waals surface area contributed by atoms with E-state index in [1.54, 1.807) is 0 Å². The Hall–Kier alpha value is -1.10. The number of fused-ring (bicyclic) bond motifs is 1. The van der Waals surface area contributed by atoms with Crippen LogP contribution >= 0.6 is 12.4 Å². The molecule has 0 aromatic heterocycles. The van der Waals surface area contributed by atoms with Crippen LogP contribution in [-0.2, 0) is 16.0 Å². The van der Waals surface area contributed by atoms with Gasteiger partial charge in [0.2, 0.25) is 5.91 Å². The van der Waals surface area contributed by atoms with Gasteiger partial charge in [0.15, 0.2) is 0 Å². The molecule has 4 nitrogen and oxygen atoms in total. The van der Waals surface area contributed by atoms with Gasteiger partial charge in [0.25, 0.3) is 0 Å². The predicted molar refractivity (Wildman–Crippen MR) is 93.9 cm³/mol. The van der Waals surface area contributed by atoms with Crippen molar-refractivity contribution in [3.05, 3.63) is 35.4 Å². The molecule has 1 amide bonds. The highest BCUT2D eigenvalue weighted by molar-refractivity contribution is 5.85. The van der Waals surface area contributed by atoms with E-state index in [1.165, 1.54) is 17.5 Å². The number of carbonyl (C=O) groups is 1. The first-order chi connectivity index (χ1) is 10.8. The summed E-state index contributed by atoms with van der Waals surface area (Å²) in [6, 6.07) is 8.19. The third-order valence-electron chi connectivity index (χ3n) is 5.09. The number of carbonyl (C=O) groups excluding carboxylic acids is 1. The average Bonchev–Trinajstić information content (AvgIpc) is 2.59. The highest BCUT2D eigenvalue weighted by atomic mass is 35.5. The number of amides is 1. The lowest BCUT2D eigenvalue weighted by Crippen LogP contribution is -2.48. The molecule has 1 fully saturated rings. The van der Waals surface area contributed by atoms with Gasteiger partial charge in [-0.05, 0) is 49.1 Å². The molecule has 2 unspecified atom stereocenters. The summed E-state index contributed by atoms with van der Waals surface area (Å²) in [6.45, 7) is 2.15. The van der Waals surface area contributed by atoms with Gasteiger partial charge in [-0.15, -0.1) is 12.4 Å². The van der Waals surface area contributed by atoms with Crippen molar-refractivity contribution >= 4 is 18.3 Å². The zero-order valence-corrected chi connectivity index (χ0v) is 14.3. The van der Waals surface area contributed by atoms with Gasteiger partial charge >= 0.3 is 0 Å². The van der Waals surface area contributed by atoms with Crippen LogP contribution in [0.15, 0.2) is 24.3 Å². The predicted octanol–water partition coefficient (Wildman–Crippen LogP) is 2.40. The van der Waals surface area contributed by atoms with Crippen LogP contribution in [0.4, 0.5) is 0 Å². The van der Waals surface area contributed by atoms with Crippen LogP contribution in [0.1, 0.15) is 42.7 Å². The Kier molecular flexibility index (Phi) is 6.88. The largest absolute Gasteiger partial charge is 0.381 e. The van der Waals surface area contributed by atoms with Crippen molar-refractivity contribution in [2.24, 2.45) is 11.7 Å². The van der Waals surface area contributed by atoms with Crippen molar-refractivity contribution < 1.29 is 9.53 Å². The molecule has 5 heteroatoms. The minimum Gasteiger partial charge on any atom is -0.381 e. The summed E-state index contributed by atoms with van der Waals surface area (Å²) < 4.78 is 5.34. The highest BCUT2D eigenvalue weighted by Gasteiger charge is 2.27. The molecule has 1 aromatic rings. The van der Waals surface area contributed by atoms with Gasteiger partial charge in [-0.25, -0.2) is 0 Å². The van der Waals surface area contributed by atoms with Crippen molar-refractivity contribution in [1.82, 2.24) is 5.32 Å². The first-order valence-corrected chi connectivity index (χ1v) is 8.44. The number of hydrogen-bond acceptors (Lipinski definition) is 3. The van der Waals surface area contributed by atoms with E-state index in [4.69, 9.17) is 10.5 Å². The first-order valence-electron chi connectivity index (χ1n) is 8.44. The summed E-state index contributed by atoms with van der Waals surface area (Å²) in [4.78, 5) is 12.3. The van der Waals surface area contributed by atoms with Crippen molar-refractivity contribution in [3.63, 3.8) is 0 Å². The van der Waals surface area contributed by atoms with Gasteiger partial charge in [-0.2, -0.15) is 0 Å². The molecule has 1 aliphatic heterocycles. The van der Waals surface area contributed by atoms with E-state index < -0.39 is 6.04 Å². The van der Waals surface area contributed by atoms with Crippen LogP contribution in [0.3, 0.4) is 0 Å². The van der Waals surface area contributed by atoms with Crippen LogP contribution < -0.4 is 11.1 Å². The Labute approximate surface area is 144 Å². The third kappa shape index (κ3) is 4.46. The zero-order chi connectivity index (χ0) is 15.4. The Morgan fingerprint density at radius 3 is 2.78 bits per heavy atom. The van der Waals surface area contributed by atoms with E-state index in [1.807, 2.05) is 0 Å². The molecule has 1 aliphatic carbocycles. The normalized spacial score (nSPS) is 22.6. The smallest absolute Gasteiger partial charge is 0.237 e. The number of ether oxygens (including phenoxy) is 1. The Balaban J connectivity index is 0.00000192. The number of hydrogen-bond donors (Lipinski definition) is 2. The summed E-state index contributed by atoms with van der Waals surface area (Å²) in [5.74, 6) is 0.679. The number of nitrogens with two attached hydrogens (primary N) is 1. The molecule has 0 saturated carbocycles. The number of benzene rings is 1. The first kappa shape index (κ1) is 18.2. The molecule has 0 radical (unpaired) electrons. The van der Waals surface area contributed by atoms with Gasteiger partial charge in [-0.3, -0.25) is 4.79 Å². The molecular weight excluding hydrogens is 312 g/mol. The molecule has 23 heavy (non-hydrogen) atoms. The van der Waals surface area contributed by atoms with Crippen LogP contribution in [0.2, 0.25) is 0 Å². The second kappa shape index (κ2) is 8.67. The van der Waals surface area contributed by atoms with E-state index >= 15 is 0 Å². The number of nitrogens with one attached hydrogen (secondary N) is 1. The van der Waals surface area contributed by atoms with Gasteiger partial charge in [0, 0.05) is 25.7 Å². The molecule has 128 valence electrons. The van der Waals surface area contributed by atoms with E-state index in [0.717, 1.165) is 38.9 Å². The lowest BCUT2D eigenvalue weighted by molar-refractivity contribution is -0.124. The number of aryl methyl sites for hydroxylation is 1. The van der Waals surface area contributed by atoms with Crippen LogP contribution in [0.25, 0.3) is 0 Å². The Morgan fingerprint density at radius 2 is 2.00 bits per heavy atom. The maximum atomic E-state index is 12.3. The molecular formula is C18H27ClN2O2. The van der Waals surface area contributed by atoms with Crippen molar-refractivity contribution in [2.45, 2.75) is 44.1 Å². The van der Waals surface area contributed by atoms with Gasteiger partial charge in [-0.1, -0.05) is 24.3 Å². The summed E-state index contributed by atoms with van der Waals surface area (Å²) in [5.41, 5.74) is 8.96. The summed E-state index contributed by atoms with van der Waals surface area (Å²) >= 11 is 0. The zero-order valence-electron chi connectivity index (χ0n) is 13.5. The summed E-state index contributed by atoms with van der Waals surface area (Å²) in [6.07, 6.45) is 5.28. The SMILES string of the molecule is Cl.NC(C(=O)NCC1CCCc2ccccc21)C1CCOCC1. The molecule has 3 N–H and O–H groups in total. The average molecular weight is 339 g/mol. The van der Waals surface area contributed by atoms with E-state index in [-0.39, 0.29) is 24.2 Å². The highest BCUT2D eigenvalue weighted by Crippen LogP contribution is 2.30. The maximum absolute atomic E-state index is 12.3. The lowest BCUT2D eigenvalue weighted by Gasteiger charge is -2.29. The van der Waals surface area contributed by atoms with E-state index in [9.17, 15) is 4.79 Å². The molecule has 1 saturated heterocycles. The van der Waals surface area contributed by atoms with Crippen LogP contribution in [0.5, 0.6) is 0 Å². The Morgan fingerprint density at radius 1 is 1.26 bits per heavy atom. The molecule has 0 spiro atoms. The number of halogens is 1. The fraction of sp³-hybridized carbons (Fsp3) is 0.611. The second-order valence-corrected chi connectivity index (χ2v) is 6.51. The van der Waals surface area contributed by atoms with Crippen LogP contribution in [0, 0.1) is 5.92 Å². The standard InChI is InChI=1S/C18H26N2O2.ClH/c19-17(14-8-10-22-11-9-14)18(21)20-12-15-6-3-5-13-4-1-2-7-16(13)15;/h1-2,4,7,14-15,17H,3,5-6,8-12,19H2,(H,20,21);1H. The third-order valence-corrected chi connectivity index (χ3v) is 5.09. The lowest BCUT2D eigenvalue weighted by atomic mass is 9.82. The molecule has 1 heterocycles.